The molecule has 2 saturated carbocycles. The van der Waals surface area contributed by atoms with E-state index in [-0.39, 0.29) is 36.6 Å². The number of fused-ring (bicyclic) bond motifs is 2. The highest BCUT2D eigenvalue weighted by Crippen LogP contribution is 2.42. The van der Waals surface area contributed by atoms with Crippen molar-refractivity contribution in [2.24, 2.45) is 23.5 Å². The molecule has 0 aromatic carbocycles. The lowest BCUT2D eigenvalue weighted by molar-refractivity contribution is -0.122. The normalized spacial score (nSPS) is 26.9. The SMILES string of the molecule is CCN(CC)c1ccc(NC(=O)C2CC3CCCC(C2)C3N)cn1.Cl.Cl. The Balaban J connectivity index is 0.00000169. The van der Waals surface area contributed by atoms with Crippen molar-refractivity contribution in [2.75, 3.05) is 23.3 Å². The molecule has 2 aliphatic carbocycles. The highest BCUT2D eigenvalue weighted by Gasteiger charge is 2.40. The number of halogens is 2. The minimum atomic E-state index is 0. The van der Waals surface area contributed by atoms with Gasteiger partial charge in [-0.15, -0.1) is 24.8 Å². The molecule has 26 heavy (non-hydrogen) atoms. The summed E-state index contributed by atoms with van der Waals surface area (Å²) in [5, 5.41) is 3.06. The van der Waals surface area contributed by atoms with Crippen molar-refractivity contribution in [3.8, 4) is 0 Å². The smallest absolute Gasteiger partial charge is 0.227 e. The predicted molar refractivity (Wildman–Crippen MR) is 112 cm³/mol. The van der Waals surface area contributed by atoms with E-state index < -0.39 is 0 Å². The zero-order valence-electron chi connectivity index (χ0n) is 15.7. The third-order valence-corrected chi connectivity index (χ3v) is 5.89. The summed E-state index contributed by atoms with van der Waals surface area (Å²) in [4.78, 5) is 19.3. The van der Waals surface area contributed by atoms with Crippen LogP contribution in [0.5, 0.6) is 0 Å². The van der Waals surface area contributed by atoms with Gasteiger partial charge in [0.15, 0.2) is 0 Å². The van der Waals surface area contributed by atoms with Gasteiger partial charge in [0.2, 0.25) is 5.91 Å². The van der Waals surface area contributed by atoms with Gasteiger partial charge in [-0.3, -0.25) is 4.79 Å². The van der Waals surface area contributed by atoms with Crippen molar-refractivity contribution in [1.29, 1.82) is 0 Å². The second-order valence-corrected chi connectivity index (χ2v) is 7.26. The maximum Gasteiger partial charge on any atom is 0.227 e. The molecule has 2 aliphatic rings. The van der Waals surface area contributed by atoms with Gasteiger partial charge in [0.05, 0.1) is 11.9 Å². The zero-order valence-corrected chi connectivity index (χ0v) is 17.3. The molecule has 2 bridgehead atoms. The number of nitrogens with zero attached hydrogens (tertiary/aromatic N) is 2. The number of pyridine rings is 1. The molecule has 1 amide bonds. The molecule has 3 N–H and O–H groups in total. The van der Waals surface area contributed by atoms with Gasteiger partial charge >= 0.3 is 0 Å². The Labute approximate surface area is 169 Å². The van der Waals surface area contributed by atoms with Crippen LogP contribution >= 0.6 is 24.8 Å². The molecule has 3 rings (SSSR count). The highest BCUT2D eigenvalue weighted by atomic mass is 35.5. The number of hydrogen-bond acceptors (Lipinski definition) is 4. The molecule has 1 aromatic heterocycles. The van der Waals surface area contributed by atoms with E-state index in [1.54, 1.807) is 6.20 Å². The molecule has 2 unspecified atom stereocenters. The van der Waals surface area contributed by atoms with Gasteiger partial charge in [-0.2, -0.15) is 0 Å². The van der Waals surface area contributed by atoms with Crippen LogP contribution in [0.4, 0.5) is 11.5 Å². The number of anilines is 2. The first kappa shape index (κ1) is 23.0. The molecule has 1 aromatic rings. The van der Waals surface area contributed by atoms with Gasteiger partial charge in [-0.05, 0) is 63.5 Å². The van der Waals surface area contributed by atoms with Crippen molar-refractivity contribution in [2.45, 2.75) is 52.0 Å². The summed E-state index contributed by atoms with van der Waals surface area (Å²) >= 11 is 0. The molecule has 2 fully saturated rings. The Morgan fingerprint density at radius 3 is 2.31 bits per heavy atom. The molecule has 148 valence electrons. The summed E-state index contributed by atoms with van der Waals surface area (Å²) in [5.74, 6) is 2.24. The molecule has 0 aliphatic heterocycles. The van der Waals surface area contributed by atoms with E-state index in [1.807, 2.05) is 12.1 Å². The molecule has 0 spiro atoms. The van der Waals surface area contributed by atoms with Gasteiger partial charge in [-0.25, -0.2) is 4.98 Å². The lowest BCUT2D eigenvalue weighted by atomic mass is 9.65. The first-order valence-electron chi connectivity index (χ1n) is 9.39. The number of aromatic nitrogens is 1. The molecule has 5 nitrogen and oxygen atoms in total. The predicted octanol–water partition coefficient (Wildman–Crippen LogP) is 3.86. The number of hydrogen-bond donors (Lipinski definition) is 2. The number of nitrogens with one attached hydrogen (secondary N) is 1. The summed E-state index contributed by atoms with van der Waals surface area (Å²) in [6, 6.07) is 4.24. The van der Waals surface area contributed by atoms with E-state index in [2.05, 4.69) is 29.0 Å². The van der Waals surface area contributed by atoms with Crippen molar-refractivity contribution >= 4 is 42.2 Å². The first-order valence-corrected chi connectivity index (χ1v) is 9.39. The summed E-state index contributed by atoms with van der Waals surface area (Å²) in [6.45, 7) is 6.09. The summed E-state index contributed by atoms with van der Waals surface area (Å²) in [6.07, 6.45) is 7.28. The van der Waals surface area contributed by atoms with Crippen molar-refractivity contribution in [1.82, 2.24) is 4.98 Å². The average Bonchev–Trinajstić information content (AvgIpc) is 2.57. The first-order chi connectivity index (χ1) is 11.6. The number of rotatable bonds is 5. The van der Waals surface area contributed by atoms with Crippen LogP contribution in [0.25, 0.3) is 0 Å². The van der Waals surface area contributed by atoms with E-state index in [0.717, 1.165) is 37.4 Å². The number of nitrogens with two attached hydrogens (primary N) is 1. The molecule has 7 heteroatoms. The van der Waals surface area contributed by atoms with Crippen molar-refractivity contribution in [3.63, 3.8) is 0 Å². The Bertz CT molecular complexity index is 551. The van der Waals surface area contributed by atoms with Crippen LogP contribution in [0.2, 0.25) is 0 Å². The average molecular weight is 403 g/mol. The Hall–Kier alpha value is -1.04. The monoisotopic (exact) mass is 402 g/mol. The summed E-state index contributed by atoms with van der Waals surface area (Å²) in [7, 11) is 0. The standard InChI is InChI=1S/C19H30N4O.2ClH/c1-3-23(4-2)17-9-8-16(12-21-17)22-19(24)15-10-13-6-5-7-14(11-15)18(13)20;;/h8-9,12-15,18H,3-7,10-11,20H2,1-2H3,(H,22,24);2*1H. The number of carbonyl (C=O) groups excluding carboxylic acids is 1. The van der Waals surface area contributed by atoms with Gasteiger partial charge in [-0.1, -0.05) is 6.42 Å². The third-order valence-electron chi connectivity index (χ3n) is 5.89. The van der Waals surface area contributed by atoms with Crippen LogP contribution in [0.15, 0.2) is 18.3 Å². The van der Waals surface area contributed by atoms with Crippen LogP contribution in [0, 0.1) is 17.8 Å². The van der Waals surface area contributed by atoms with E-state index in [9.17, 15) is 4.79 Å². The molecule has 1 heterocycles. The van der Waals surface area contributed by atoms with E-state index in [1.165, 1.54) is 19.3 Å². The second-order valence-electron chi connectivity index (χ2n) is 7.26. The fraction of sp³-hybridized carbons (Fsp3) is 0.684. The van der Waals surface area contributed by atoms with Crippen molar-refractivity contribution in [3.05, 3.63) is 18.3 Å². The van der Waals surface area contributed by atoms with Gasteiger partial charge in [0.25, 0.3) is 0 Å². The fourth-order valence-electron chi connectivity index (χ4n) is 4.44. The Morgan fingerprint density at radius 1 is 1.19 bits per heavy atom. The fourth-order valence-corrected chi connectivity index (χ4v) is 4.44. The maximum absolute atomic E-state index is 12.6. The van der Waals surface area contributed by atoms with Gasteiger partial charge < -0.3 is 16.0 Å². The van der Waals surface area contributed by atoms with Crippen molar-refractivity contribution < 1.29 is 4.79 Å². The summed E-state index contributed by atoms with van der Waals surface area (Å²) in [5.41, 5.74) is 7.11. The maximum atomic E-state index is 12.6. The van der Waals surface area contributed by atoms with E-state index in [0.29, 0.717) is 17.9 Å². The van der Waals surface area contributed by atoms with Crippen LogP contribution in [-0.2, 0) is 4.79 Å². The summed E-state index contributed by atoms with van der Waals surface area (Å²) < 4.78 is 0. The topological polar surface area (TPSA) is 71.2 Å². The largest absolute Gasteiger partial charge is 0.357 e. The molecule has 0 radical (unpaired) electrons. The minimum Gasteiger partial charge on any atom is -0.357 e. The quantitative estimate of drug-likeness (QED) is 0.783. The number of carbonyl (C=O) groups is 1. The third kappa shape index (κ3) is 5.02. The van der Waals surface area contributed by atoms with Crippen LogP contribution in [0.1, 0.15) is 46.0 Å². The van der Waals surface area contributed by atoms with Crippen LogP contribution in [-0.4, -0.2) is 30.0 Å². The minimum absolute atomic E-state index is 0. The van der Waals surface area contributed by atoms with Gasteiger partial charge in [0.1, 0.15) is 5.82 Å². The lowest BCUT2D eigenvalue weighted by Crippen LogP contribution is -2.48. The molecule has 2 atom stereocenters. The van der Waals surface area contributed by atoms with E-state index >= 15 is 0 Å². The lowest BCUT2D eigenvalue weighted by Gasteiger charge is -2.43. The highest BCUT2D eigenvalue weighted by molar-refractivity contribution is 5.92. The zero-order chi connectivity index (χ0) is 17.1. The van der Waals surface area contributed by atoms with Crippen LogP contribution < -0.4 is 16.0 Å². The van der Waals surface area contributed by atoms with Crippen LogP contribution in [0.3, 0.4) is 0 Å². The van der Waals surface area contributed by atoms with Gasteiger partial charge in [0, 0.05) is 25.0 Å². The second kappa shape index (κ2) is 10.3. The molecular weight excluding hydrogens is 371 g/mol. The molecular formula is C19H32Cl2N4O. The Kier molecular flexibility index (Phi) is 9.14. The number of amides is 1. The molecule has 0 saturated heterocycles. The van der Waals surface area contributed by atoms with E-state index in [4.69, 9.17) is 5.73 Å². The Morgan fingerprint density at radius 2 is 1.81 bits per heavy atom.